The van der Waals surface area contributed by atoms with Crippen molar-refractivity contribution in [3.63, 3.8) is 0 Å². The van der Waals surface area contributed by atoms with Gasteiger partial charge in [0.15, 0.2) is 0 Å². The molecule has 1 aliphatic rings. The fourth-order valence-electron chi connectivity index (χ4n) is 2.19. The van der Waals surface area contributed by atoms with Crippen LogP contribution in [-0.2, 0) is 0 Å². The Morgan fingerprint density at radius 1 is 1.46 bits per heavy atom. The van der Waals surface area contributed by atoms with E-state index in [4.69, 9.17) is 0 Å². The van der Waals surface area contributed by atoms with E-state index >= 15 is 0 Å². The second-order valence-corrected chi connectivity index (χ2v) is 4.43. The zero-order chi connectivity index (χ0) is 9.90. The number of β-amino-alcohol motifs (C(OH)–C–C–N with tert-alkyl or cyclic N) is 1. The number of aliphatic hydroxyl groups is 1. The Kier molecular flexibility index (Phi) is 3.71. The number of rotatable bonds is 3. The largest absolute Gasteiger partial charge is 0.387 e. The van der Waals surface area contributed by atoms with Crippen molar-refractivity contribution in [2.45, 2.75) is 25.4 Å². The summed E-state index contributed by atoms with van der Waals surface area (Å²) in [6.45, 7) is 5.97. The zero-order valence-corrected chi connectivity index (χ0v) is 9.08. The van der Waals surface area contributed by atoms with E-state index in [1.165, 1.54) is 0 Å². The van der Waals surface area contributed by atoms with Gasteiger partial charge >= 0.3 is 0 Å². The summed E-state index contributed by atoms with van der Waals surface area (Å²) in [5.74, 6) is 0. The third-order valence-electron chi connectivity index (χ3n) is 2.69. The second kappa shape index (κ2) is 4.40. The average Bonchev–Trinajstić information content (AvgIpc) is 2.02. The number of hydrogen-bond acceptors (Lipinski definition) is 3. The van der Waals surface area contributed by atoms with Gasteiger partial charge in [-0.3, -0.25) is 0 Å². The minimum absolute atomic E-state index is 0.474. The van der Waals surface area contributed by atoms with Crippen LogP contribution in [0.15, 0.2) is 0 Å². The van der Waals surface area contributed by atoms with Crippen LogP contribution < -0.4 is 0 Å². The number of nitrogens with zero attached hydrogens (tertiary/aromatic N) is 2. The number of hydrogen-bond donors (Lipinski definition) is 1. The van der Waals surface area contributed by atoms with Gasteiger partial charge in [-0.25, -0.2) is 0 Å². The molecule has 0 bridgehead atoms. The van der Waals surface area contributed by atoms with Crippen LogP contribution in [0.5, 0.6) is 0 Å². The molecule has 1 unspecified atom stereocenters. The highest BCUT2D eigenvalue weighted by Gasteiger charge is 2.32. The van der Waals surface area contributed by atoms with E-state index in [1.54, 1.807) is 0 Å². The molecule has 13 heavy (non-hydrogen) atoms. The molecular formula is C10H22N2O. The van der Waals surface area contributed by atoms with Crippen LogP contribution in [0.25, 0.3) is 0 Å². The lowest BCUT2D eigenvalue weighted by Crippen LogP contribution is -2.53. The summed E-state index contributed by atoms with van der Waals surface area (Å²) in [6, 6.07) is 0. The van der Waals surface area contributed by atoms with E-state index in [0.29, 0.717) is 0 Å². The van der Waals surface area contributed by atoms with Crippen LogP contribution >= 0.6 is 0 Å². The first-order chi connectivity index (χ1) is 6.06. The highest BCUT2D eigenvalue weighted by molar-refractivity contribution is 4.88. The highest BCUT2D eigenvalue weighted by atomic mass is 16.3. The Balaban J connectivity index is 2.47. The molecule has 3 nitrogen and oxygen atoms in total. The Morgan fingerprint density at radius 2 is 2.15 bits per heavy atom. The van der Waals surface area contributed by atoms with Gasteiger partial charge in [0.2, 0.25) is 0 Å². The van der Waals surface area contributed by atoms with Gasteiger partial charge in [0.25, 0.3) is 0 Å². The molecule has 0 spiro atoms. The topological polar surface area (TPSA) is 26.7 Å². The molecule has 0 aromatic carbocycles. The van der Waals surface area contributed by atoms with Gasteiger partial charge in [-0.05, 0) is 40.0 Å². The number of likely N-dealkylation sites (N-methyl/N-ethyl adjacent to an activating group) is 2. The molecule has 1 heterocycles. The van der Waals surface area contributed by atoms with Crippen molar-refractivity contribution >= 4 is 0 Å². The molecule has 0 saturated carbocycles. The summed E-state index contributed by atoms with van der Waals surface area (Å²) in [5.41, 5.74) is -0.474. The lowest BCUT2D eigenvalue weighted by atomic mass is 9.92. The van der Waals surface area contributed by atoms with Gasteiger partial charge in [-0.1, -0.05) is 6.92 Å². The maximum absolute atomic E-state index is 10.3. The second-order valence-electron chi connectivity index (χ2n) is 4.43. The SMILES string of the molecule is CCN1CCCC(O)(CN(C)C)C1. The molecule has 0 aliphatic carbocycles. The van der Waals surface area contributed by atoms with E-state index < -0.39 is 5.60 Å². The molecule has 1 N–H and O–H groups in total. The standard InChI is InChI=1S/C10H22N2O/c1-4-12-7-5-6-10(13,9-12)8-11(2)3/h13H,4-9H2,1-3H3. The first-order valence-electron chi connectivity index (χ1n) is 5.15. The molecule has 1 rings (SSSR count). The van der Waals surface area contributed by atoms with Gasteiger partial charge in [0.1, 0.15) is 0 Å². The third kappa shape index (κ3) is 3.25. The van der Waals surface area contributed by atoms with Gasteiger partial charge in [-0.2, -0.15) is 0 Å². The quantitative estimate of drug-likeness (QED) is 0.691. The molecule has 0 radical (unpaired) electrons. The molecule has 0 aromatic heterocycles. The molecule has 1 saturated heterocycles. The smallest absolute Gasteiger partial charge is 0.0900 e. The number of piperidine rings is 1. The van der Waals surface area contributed by atoms with Gasteiger partial charge in [-0.15, -0.1) is 0 Å². The summed E-state index contributed by atoms with van der Waals surface area (Å²) >= 11 is 0. The summed E-state index contributed by atoms with van der Waals surface area (Å²) in [4.78, 5) is 4.39. The number of likely N-dealkylation sites (tertiary alicyclic amines) is 1. The first kappa shape index (κ1) is 11.0. The molecular weight excluding hydrogens is 164 g/mol. The van der Waals surface area contributed by atoms with Crippen LogP contribution in [-0.4, -0.2) is 60.8 Å². The van der Waals surface area contributed by atoms with E-state index in [1.807, 2.05) is 14.1 Å². The summed E-state index contributed by atoms with van der Waals surface area (Å²) in [7, 11) is 4.03. The van der Waals surface area contributed by atoms with Crippen molar-refractivity contribution in [1.82, 2.24) is 9.80 Å². The van der Waals surface area contributed by atoms with Crippen molar-refractivity contribution in [2.75, 3.05) is 40.3 Å². The van der Waals surface area contributed by atoms with Crippen molar-refractivity contribution in [2.24, 2.45) is 0 Å². The van der Waals surface area contributed by atoms with Crippen LogP contribution in [0, 0.1) is 0 Å². The lowest BCUT2D eigenvalue weighted by molar-refractivity contribution is -0.0444. The molecule has 1 fully saturated rings. The zero-order valence-electron chi connectivity index (χ0n) is 9.08. The minimum atomic E-state index is -0.474. The monoisotopic (exact) mass is 186 g/mol. The fourth-order valence-corrected chi connectivity index (χ4v) is 2.19. The Hall–Kier alpha value is -0.120. The van der Waals surface area contributed by atoms with E-state index in [0.717, 1.165) is 39.0 Å². The average molecular weight is 186 g/mol. The lowest BCUT2D eigenvalue weighted by Gasteiger charge is -2.40. The van der Waals surface area contributed by atoms with Crippen LogP contribution in [0.1, 0.15) is 19.8 Å². The van der Waals surface area contributed by atoms with E-state index in [9.17, 15) is 5.11 Å². The maximum Gasteiger partial charge on any atom is 0.0900 e. The summed E-state index contributed by atoms with van der Waals surface area (Å²) in [6.07, 6.45) is 2.07. The maximum atomic E-state index is 10.3. The third-order valence-corrected chi connectivity index (χ3v) is 2.69. The van der Waals surface area contributed by atoms with Crippen LogP contribution in [0.4, 0.5) is 0 Å². The van der Waals surface area contributed by atoms with Crippen molar-refractivity contribution < 1.29 is 5.11 Å². The summed E-state index contributed by atoms with van der Waals surface area (Å²) < 4.78 is 0. The van der Waals surface area contributed by atoms with Crippen molar-refractivity contribution in [1.29, 1.82) is 0 Å². The normalized spacial score (nSPS) is 31.2. The Morgan fingerprint density at radius 3 is 2.69 bits per heavy atom. The minimum Gasteiger partial charge on any atom is -0.387 e. The first-order valence-corrected chi connectivity index (χ1v) is 5.15. The van der Waals surface area contributed by atoms with Gasteiger partial charge < -0.3 is 14.9 Å². The predicted molar refractivity (Wildman–Crippen MR) is 54.9 cm³/mol. The predicted octanol–water partition coefficient (Wildman–Crippen LogP) is 0.395. The van der Waals surface area contributed by atoms with Gasteiger partial charge in [0, 0.05) is 13.1 Å². The molecule has 0 amide bonds. The Labute approximate surface area is 81.3 Å². The van der Waals surface area contributed by atoms with Crippen molar-refractivity contribution in [3.05, 3.63) is 0 Å². The Bertz CT molecular complexity index is 161. The van der Waals surface area contributed by atoms with E-state index in [2.05, 4.69) is 16.7 Å². The molecule has 1 aliphatic heterocycles. The molecule has 1 atom stereocenters. The van der Waals surface area contributed by atoms with Crippen molar-refractivity contribution in [3.8, 4) is 0 Å². The summed E-state index contributed by atoms with van der Waals surface area (Å²) in [5, 5.41) is 10.3. The van der Waals surface area contributed by atoms with E-state index in [-0.39, 0.29) is 0 Å². The molecule has 3 heteroatoms. The fraction of sp³-hybridized carbons (Fsp3) is 1.00. The van der Waals surface area contributed by atoms with Gasteiger partial charge in [0.05, 0.1) is 5.60 Å². The highest BCUT2D eigenvalue weighted by Crippen LogP contribution is 2.21. The molecule has 78 valence electrons. The van der Waals surface area contributed by atoms with Crippen LogP contribution in [0.3, 0.4) is 0 Å². The molecule has 0 aromatic rings. The van der Waals surface area contributed by atoms with Crippen LogP contribution in [0.2, 0.25) is 0 Å².